The monoisotopic (exact) mass is 316 g/mol. The molecule has 0 bridgehead atoms. The topological polar surface area (TPSA) is 89.2 Å². The number of nitrogens with two attached hydrogens (primary N) is 1. The van der Waals surface area contributed by atoms with E-state index in [0.717, 1.165) is 49.4 Å². The Morgan fingerprint density at radius 2 is 2.09 bits per heavy atom. The highest BCUT2D eigenvalue weighted by molar-refractivity contribution is 5.89. The van der Waals surface area contributed by atoms with Crippen LogP contribution in [0, 0.1) is 19.8 Å². The minimum atomic E-state index is 0.478. The van der Waals surface area contributed by atoms with Crippen LogP contribution in [-0.2, 0) is 4.74 Å². The number of pyridine rings is 1. The van der Waals surface area contributed by atoms with Crippen molar-refractivity contribution in [2.45, 2.75) is 13.8 Å². The molecule has 124 valence electrons. The molecule has 0 spiro atoms. The Kier molecular flexibility index (Phi) is 4.58. The number of nitrogen functional groups attached to an aromatic ring is 1. The van der Waals surface area contributed by atoms with E-state index < -0.39 is 0 Å². The van der Waals surface area contributed by atoms with Gasteiger partial charge < -0.3 is 20.7 Å². The molecule has 1 saturated heterocycles. The molecule has 2 aromatic rings. The highest BCUT2D eigenvalue weighted by Gasteiger charge is 2.25. The van der Waals surface area contributed by atoms with Crippen LogP contribution in [-0.4, -0.2) is 59.7 Å². The number of fused-ring (bicyclic) bond motifs is 1. The van der Waals surface area contributed by atoms with Crippen molar-refractivity contribution in [1.29, 1.82) is 0 Å². The van der Waals surface area contributed by atoms with E-state index in [9.17, 15) is 0 Å². The van der Waals surface area contributed by atoms with Crippen molar-refractivity contribution in [1.82, 2.24) is 19.9 Å². The van der Waals surface area contributed by atoms with Crippen LogP contribution in [0.15, 0.2) is 6.07 Å². The lowest BCUT2D eigenvalue weighted by molar-refractivity contribution is 0.0371. The largest absolute Gasteiger partial charge is 0.384 e. The highest BCUT2D eigenvalue weighted by Crippen LogP contribution is 2.22. The molecule has 1 aliphatic heterocycles. The fraction of sp³-hybridized carbons (Fsp3) is 0.562. The molecule has 3 heterocycles. The van der Waals surface area contributed by atoms with Gasteiger partial charge in [-0.1, -0.05) is 0 Å². The third-order valence-corrected chi connectivity index (χ3v) is 4.17. The molecule has 0 radical (unpaired) electrons. The Morgan fingerprint density at radius 3 is 2.83 bits per heavy atom. The Labute approximate surface area is 136 Å². The fourth-order valence-electron chi connectivity index (χ4n) is 3.12. The standard InChI is InChI=1S/C16H24N6O/c1-10-6-11(2)19-15-13(10)14(17)20-16(21-15)18-4-5-22-7-12(8-22)9-23-3/h6,12H,4-5,7-9H2,1-3H3,(H3,17,18,19,20,21). The number of ether oxygens (including phenoxy) is 1. The molecule has 0 saturated carbocycles. The van der Waals surface area contributed by atoms with E-state index in [1.807, 2.05) is 19.9 Å². The molecule has 1 fully saturated rings. The molecule has 7 nitrogen and oxygen atoms in total. The molecular weight excluding hydrogens is 292 g/mol. The van der Waals surface area contributed by atoms with Crippen molar-refractivity contribution < 1.29 is 4.74 Å². The molecule has 0 aromatic carbocycles. The maximum atomic E-state index is 6.07. The minimum Gasteiger partial charge on any atom is -0.384 e. The molecule has 0 atom stereocenters. The molecule has 3 rings (SSSR count). The lowest BCUT2D eigenvalue weighted by Gasteiger charge is -2.38. The fourth-order valence-corrected chi connectivity index (χ4v) is 3.12. The molecular formula is C16H24N6O. The number of likely N-dealkylation sites (tertiary alicyclic amines) is 1. The summed E-state index contributed by atoms with van der Waals surface area (Å²) in [7, 11) is 1.75. The zero-order valence-corrected chi connectivity index (χ0v) is 14.0. The van der Waals surface area contributed by atoms with E-state index >= 15 is 0 Å². The highest BCUT2D eigenvalue weighted by atomic mass is 16.5. The van der Waals surface area contributed by atoms with Crippen LogP contribution < -0.4 is 11.1 Å². The predicted octanol–water partition coefficient (Wildman–Crippen LogP) is 1.21. The zero-order valence-electron chi connectivity index (χ0n) is 14.0. The quantitative estimate of drug-likeness (QED) is 0.828. The molecule has 0 unspecified atom stereocenters. The number of methoxy groups -OCH3 is 1. The Bertz CT molecular complexity index is 699. The van der Waals surface area contributed by atoms with E-state index in [0.29, 0.717) is 23.3 Å². The SMILES string of the molecule is COCC1CN(CCNc2nc(N)c3c(C)cc(C)nc3n2)C1. The van der Waals surface area contributed by atoms with Crippen LogP contribution in [0.3, 0.4) is 0 Å². The number of rotatable bonds is 6. The third-order valence-electron chi connectivity index (χ3n) is 4.17. The maximum Gasteiger partial charge on any atom is 0.226 e. The van der Waals surface area contributed by atoms with Gasteiger partial charge in [0.15, 0.2) is 5.65 Å². The lowest BCUT2D eigenvalue weighted by Crippen LogP contribution is -2.50. The molecule has 0 aliphatic carbocycles. The first kappa shape index (κ1) is 15.9. The van der Waals surface area contributed by atoms with Gasteiger partial charge in [-0.3, -0.25) is 0 Å². The van der Waals surface area contributed by atoms with Crippen molar-refractivity contribution in [3.8, 4) is 0 Å². The van der Waals surface area contributed by atoms with Gasteiger partial charge in [0.25, 0.3) is 0 Å². The molecule has 1 aliphatic rings. The van der Waals surface area contributed by atoms with Crippen molar-refractivity contribution in [2.24, 2.45) is 5.92 Å². The van der Waals surface area contributed by atoms with Gasteiger partial charge in [0.2, 0.25) is 5.95 Å². The van der Waals surface area contributed by atoms with E-state index in [1.165, 1.54) is 0 Å². The van der Waals surface area contributed by atoms with Crippen LogP contribution in [0.1, 0.15) is 11.3 Å². The second-order valence-electron chi connectivity index (χ2n) is 6.22. The number of nitrogens with one attached hydrogen (secondary N) is 1. The van der Waals surface area contributed by atoms with Gasteiger partial charge in [-0.2, -0.15) is 9.97 Å². The van der Waals surface area contributed by atoms with Crippen LogP contribution in [0.2, 0.25) is 0 Å². The zero-order chi connectivity index (χ0) is 16.4. The van der Waals surface area contributed by atoms with Crippen LogP contribution in [0.25, 0.3) is 11.0 Å². The first-order chi connectivity index (χ1) is 11.1. The maximum absolute atomic E-state index is 6.07. The van der Waals surface area contributed by atoms with Gasteiger partial charge in [-0.05, 0) is 25.5 Å². The number of nitrogens with zero attached hydrogens (tertiary/aromatic N) is 4. The molecule has 0 amide bonds. The summed E-state index contributed by atoms with van der Waals surface area (Å²) in [5, 5.41) is 4.09. The smallest absolute Gasteiger partial charge is 0.226 e. The third kappa shape index (κ3) is 3.51. The summed E-state index contributed by atoms with van der Waals surface area (Å²) in [5.41, 5.74) is 8.72. The Morgan fingerprint density at radius 1 is 1.30 bits per heavy atom. The van der Waals surface area contributed by atoms with Crippen molar-refractivity contribution in [3.05, 3.63) is 17.3 Å². The summed E-state index contributed by atoms with van der Waals surface area (Å²) < 4.78 is 5.16. The van der Waals surface area contributed by atoms with E-state index in [-0.39, 0.29) is 0 Å². The number of hydrogen-bond acceptors (Lipinski definition) is 7. The minimum absolute atomic E-state index is 0.478. The molecule has 23 heavy (non-hydrogen) atoms. The van der Waals surface area contributed by atoms with Crippen LogP contribution in [0.5, 0.6) is 0 Å². The van der Waals surface area contributed by atoms with Gasteiger partial charge in [0, 0.05) is 44.9 Å². The van der Waals surface area contributed by atoms with Crippen molar-refractivity contribution >= 4 is 22.8 Å². The molecule has 7 heteroatoms. The summed E-state index contributed by atoms with van der Waals surface area (Å²) in [6.07, 6.45) is 0. The van der Waals surface area contributed by atoms with Gasteiger partial charge in [-0.15, -0.1) is 0 Å². The normalized spacial score (nSPS) is 15.8. The number of anilines is 2. The summed E-state index contributed by atoms with van der Waals surface area (Å²) in [6, 6.07) is 2.00. The number of hydrogen-bond donors (Lipinski definition) is 2. The van der Waals surface area contributed by atoms with Gasteiger partial charge in [0.1, 0.15) is 5.82 Å². The average molecular weight is 316 g/mol. The first-order valence-electron chi connectivity index (χ1n) is 7.93. The molecule has 2 aromatic heterocycles. The molecule has 3 N–H and O–H groups in total. The van der Waals surface area contributed by atoms with Crippen LogP contribution >= 0.6 is 0 Å². The first-order valence-corrected chi connectivity index (χ1v) is 7.93. The second-order valence-corrected chi connectivity index (χ2v) is 6.22. The van der Waals surface area contributed by atoms with E-state index in [2.05, 4.69) is 25.2 Å². The summed E-state index contributed by atoms with van der Waals surface area (Å²) in [5.74, 6) is 1.69. The van der Waals surface area contributed by atoms with Gasteiger partial charge in [-0.25, -0.2) is 4.98 Å². The summed E-state index contributed by atoms with van der Waals surface area (Å²) in [4.78, 5) is 15.7. The number of aryl methyl sites for hydroxylation is 2. The average Bonchev–Trinajstić information content (AvgIpc) is 2.43. The van der Waals surface area contributed by atoms with Crippen molar-refractivity contribution in [3.63, 3.8) is 0 Å². The lowest BCUT2D eigenvalue weighted by atomic mass is 10.0. The second kappa shape index (κ2) is 6.64. The number of aromatic nitrogens is 3. The van der Waals surface area contributed by atoms with E-state index in [1.54, 1.807) is 7.11 Å². The summed E-state index contributed by atoms with van der Waals surface area (Å²) in [6.45, 7) is 8.74. The Balaban J connectivity index is 1.61. The summed E-state index contributed by atoms with van der Waals surface area (Å²) >= 11 is 0. The Hall–Kier alpha value is -1.99. The predicted molar refractivity (Wildman–Crippen MR) is 91.5 cm³/mol. The van der Waals surface area contributed by atoms with Crippen LogP contribution in [0.4, 0.5) is 11.8 Å². The van der Waals surface area contributed by atoms with Gasteiger partial charge in [0.05, 0.1) is 12.0 Å². The van der Waals surface area contributed by atoms with Gasteiger partial charge >= 0.3 is 0 Å². The van der Waals surface area contributed by atoms with E-state index in [4.69, 9.17) is 10.5 Å². The van der Waals surface area contributed by atoms with Crippen molar-refractivity contribution in [2.75, 3.05) is 50.9 Å².